The van der Waals surface area contributed by atoms with Crippen molar-refractivity contribution in [2.45, 2.75) is 25.9 Å². The van der Waals surface area contributed by atoms with Crippen molar-refractivity contribution in [3.63, 3.8) is 0 Å². The monoisotopic (exact) mass is 280 g/mol. The quantitative estimate of drug-likeness (QED) is 0.831. The molecule has 2 N–H and O–H groups in total. The number of hydrogen-bond acceptors (Lipinski definition) is 3. The lowest BCUT2D eigenvalue weighted by Gasteiger charge is -2.31. The molecule has 0 unspecified atom stereocenters. The van der Waals surface area contributed by atoms with Crippen molar-refractivity contribution in [3.8, 4) is 5.75 Å². The highest BCUT2D eigenvalue weighted by Crippen LogP contribution is 2.17. The van der Waals surface area contributed by atoms with E-state index in [1.807, 2.05) is 31.2 Å². The van der Waals surface area contributed by atoms with Crippen molar-refractivity contribution in [3.05, 3.63) is 24.3 Å². The molecule has 5 heteroatoms. The molecule has 1 heterocycles. The summed E-state index contributed by atoms with van der Waals surface area (Å²) in [4.78, 5) is 2.10. The predicted octanol–water partition coefficient (Wildman–Crippen LogP) is 2.24. The van der Waals surface area contributed by atoms with Crippen LogP contribution in [0.25, 0.3) is 0 Å². The maximum atomic E-state index is 9.48. The van der Waals surface area contributed by atoms with E-state index >= 15 is 0 Å². The first kappa shape index (κ1) is 14.1. The van der Waals surface area contributed by atoms with Gasteiger partial charge in [0.15, 0.2) is 5.11 Å². The van der Waals surface area contributed by atoms with Gasteiger partial charge in [0.05, 0.1) is 12.7 Å². The number of nitrogens with zero attached hydrogens (tertiary/aromatic N) is 1. The summed E-state index contributed by atoms with van der Waals surface area (Å²) in [5, 5.41) is 13.4. The summed E-state index contributed by atoms with van der Waals surface area (Å²) in [5.74, 6) is 0.861. The zero-order valence-corrected chi connectivity index (χ0v) is 11.9. The molecule has 2 rings (SSSR count). The van der Waals surface area contributed by atoms with Gasteiger partial charge in [-0.3, -0.25) is 0 Å². The second kappa shape index (κ2) is 6.73. The van der Waals surface area contributed by atoms with Gasteiger partial charge in [-0.2, -0.15) is 0 Å². The van der Waals surface area contributed by atoms with Crippen LogP contribution in [-0.4, -0.2) is 40.9 Å². The summed E-state index contributed by atoms with van der Waals surface area (Å²) < 4.78 is 5.40. The molecule has 1 fully saturated rings. The highest BCUT2D eigenvalue weighted by Gasteiger charge is 2.18. The minimum absolute atomic E-state index is 0.176. The lowest BCUT2D eigenvalue weighted by Crippen LogP contribution is -2.42. The zero-order valence-electron chi connectivity index (χ0n) is 11.1. The zero-order chi connectivity index (χ0) is 13.7. The molecule has 4 nitrogen and oxygen atoms in total. The largest absolute Gasteiger partial charge is 0.494 e. The van der Waals surface area contributed by atoms with Crippen LogP contribution in [0.15, 0.2) is 24.3 Å². The van der Waals surface area contributed by atoms with Gasteiger partial charge in [-0.15, -0.1) is 0 Å². The number of thiocarbonyl (C=S) groups is 1. The molecule has 19 heavy (non-hydrogen) atoms. The summed E-state index contributed by atoms with van der Waals surface area (Å²) >= 11 is 5.38. The summed E-state index contributed by atoms with van der Waals surface area (Å²) in [6.07, 6.45) is 1.39. The number of rotatable bonds is 3. The molecule has 0 aromatic heterocycles. The number of aliphatic hydroxyl groups excluding tert-OH is 1. The Hall–Kier alpha value is -1.33. The van der Waals surface area contributed by atoms with Crippen LogP contribution in [0.3, 0.4) is 0 Å². The topological polar surface area (TPSA) is 44.7 Å². The Morgan fingerprint density at radius 1 is 1.37 bits per heavy atom. The van der Waals surface area contributed by atoms with Gasteiger partial charge >= 0.3 is 0 Å². The Labute approximate surface area is 119 Å². The van der Waals surface area contributed by atoms with Crippen molar-refractivity contribution in [1.29, 1.82) is 0 Å². The number of likely N-dealkylation sites (tertiary alicyclic amines) is 1. The van der Waals surface area contributed by atoms with Crippen molar-refractivity contribution in [2.24, 2.45) is 0 Å². The Kier molecular flexibility index (Phi) is 4.99. The molecule has 1 aliphatic heterocycles. The molecule has 0 radical (unpaired) electrons. The molecule has 0 amide bonds. The number of hydrogen-bond donors (Lipinski definition) is 2. The minimum Gasteiger partial charge on any atom is -0.494 e. The second-order valence-electron chi connectivity index (χ2n) is 4.61. The number of piperidine rings is 1. The average Bonchev–Trinajstić information content (AvgIpc) is 2.42. The van der Waals surface area contributed by atoms with Crippen molar-refractivity contribution in [2.75, 3.05) is 25.0 Å². The lowest BCUT2D eigenvalue weighted by molar-refractivity contribution is 0.110. The van der Waals surface area contributed by atoms with Crippen LogP contribution >= 0.6 is 12.2 Å². The first-order valence-corrected chi connectivity index (χ1v) is 7.06. The molecule has 0 spiro atoms. The van der Waals surface area contributed by atoms with E-state index in [0.29, 0.717) is 6.61 Å². The molecule has 104 valence electrons. The SMILES string of the molecule is CCOc1ccc(NC(=S)N2CCC(O)CC2)cc1. The van der Waals surface area contributed by atoms with Crippen LogP contribution in [0, 0.1) is 0 Å². The van der Waals surface area contributed by atoms with E-state index in [2.05, 4.69) is 10.2 Å². The number of nitrogens with one attached hydrogen (secondary N) is 1. The number of benzene rings is 1. The van der Waals surface area contributed by atoms with Crippen LogP contribution in [0.1, 0.15) is 19.8 Å². The maximum Gasteiger partial charge on any atom is 0.173 e. The van der Waals surface area contributed by atoms with Gasteiger partial charge in [-0.25, -0.2) is 0 Å². The summed E-state index contributed by atoms with van der Waals surface area (Å²) in [7, 11) is 0. The third-order valence-corrected chi connectivity index (χ3v) is 3.53. The van der Waals surface area contributed by atoms with Gasteiger partial charge < -0.3 is 20.1 Å². The Morgan fingerprint density at radius 2 is 2.00 bits per heavy atom. The van der Waals surface area contributed by atoms with Crippen LogP contribution in [0.4, 0.5) is 5.69 Å². The van der Waals surface area contributed by atoms with Gasteiger partial charge in [0.1, 0.15) is 5.75 Å². The van der Waals surface area contributed by atoms with Crippen LogP contribution in [0.5, 0.6) is 5.75 Å². The first-order chi connectivity index (χ1) is 9.19. The van der Waals surface area contributed by atoms with Crippen LogP contribution < -0.4 is 10.1 Å². The summed E-state index contributed by atoms with van der Waals surface area (Å²) in [5.41, 5.74) is 0.958. The maximum absolute atomic E-state index is 9.48. The number of aliphatic hydroxyl groups is 1. The van der Waals surface area contributed by atoms with E-state index in [1.54, 1.807) is 0 Å². The Morgan fingerprint density at radius 3 is 2.58 bits per heavy atom. The predicted molar refractivity (Wildman–Crippen MR) is 80.6 cm³/mol. The third-order valence-electron chi connectivity index (χ3n) is 3.17. The molecular formula is C14H20N2O2S. The molecule has 0 saturated carbocycles. The molecule has 0 atom stereocenters. The van der Waals surface area contributed by atoms with Crippen LogP contribution in [0.2, 0.25) is 0 Å². The van der Waals surface area contributed by atoms with Crippen LogP contribution in [-0.2, 0) is 0 Å². The molecule has 1 aromatic rings. The standard InChI is InChI=1S/C14H20N2O2S/c1-2-18-13-5-3-11(4-6-13)15-14(19)16-9-7-12(17)8-10-16/h3-6,12,17H,2,7-10H2,1H3,(H,15,19). The number of anilines is 1. The smallest absolute Gasteiger partial charge is 0.173 e. The molecular weight excluding hydrogens is 260 g/mol. The van der Waals surface area contributed by atoms with Crippen molar-refractivity contribution in [1.82, 2.24) is 4.90 Å². The van der Waals surface area contributed by atoms with E-state index in [4.69, 9.17) is 17.0 Å². The van der Waals surface area contributed by atoms with Gasteiger partial charge in [-0.05, 0) is 56.2 Å². The molecule has 1 aromatic carbocycles. The first-order valence-electron chi connectivity index (χ1n) is 6.66. The second-order valence-corrected chi connectivity index (χ2v) is 4.99. The summed E-state index contributed by atoms with van der Waals surface area (Å²) in [6.45, 7) is 4.25. The fourth-order valence-corrected chi connectivity index (χ4v) is 2.37. The molecule has 0 aliphatic carbocycles. The van der Waals surface area contributed by atoms with Gasteiger partial charge in [0.25, 0.3) is 0 Å². The fourth-order valence-electron chi connectivity index (χ4n) is 2.07. The van der Waals surface area contributed by atoms with E-state index < -0.39 is 0 Å². The van der Waals surface area contributed by atoms with Gasteiger partial charge in [0, 0.05) is 18.8 Å². The van der Waals surface area contributed by atoms with Crippen molar-refractivity contribution >= 4 is 23.0 Å². The highest BCUT2D eigenvalue weighted by atomic mass is 32.1. The molecule has 1 saturated heterocycles. The highest BCUT2D eigenvalue weighted by molar-refractivity contribution is 7.80. The normalized spacial score (nSPS) is 16.2. The van der Waals surface area contributed by atoms with Gasteiger partial charge in [0.2, 0.25) is 0 Å². The van der Waals surface area contributed by atoms with E-state index in [9.17, 15) is 5.11 Å². The van der Waals surface area contributed by atoms with E-state index in [1.165, 1.54) is 0 Å². The van der Waals surface area contributed by atoms with E-state index in [-0.39, 0.29) is 6.10 Å². The molecule has 1 aliphatic rings. The van der Waals surface area contributed by atoms with Gasteiger partial charge in [-0.1, -0.05) is 0 Å². The van der Waals surface area contributed by atoms with Crippen molar-refractivity contribution < 1.29 is 9.84 Å². The lowest BCUT2D eigenvalue weighted by atomic mass is 10.1. The average molecular weight is 280 g/mol. The fraction of sp³-hybridized carbons (Fsp3) is 0.500. The third kappa shape index (κ3) is 4.08. The summed E-state index contributed by atoms with van der Waals surface area (Å²) in [6, 6.07) is 7.76. The van der Waals surface area contributed by atoms with E-state index in [0.717, 1.165) is 42.5 Å². The number of ether oxygens (including phenoxy) is 1. The molecule has 0 bridgehead atoms. The minimum atomic E-state index is -0.176. The Balaban J connectivity index is 1.88. The Bertz CT molecular complexity index is 414.